The van der Waals surface area contributed by atoms with Gasteiger partial charge in [-0.05, 0) is 19.9 Å². The predicted octanol–water partition coefficient (Wildman–Crippen LogP) is 0.445. The van der Waals surface area contributed by atoms with Crippen molar-refractivity contribution in [1.29, 1.82) is 5.26 Å². The molecule has 0 radical (unpaired) electrons. The van der Waals surface area contributed by atoms with Crippen LogP contribution in [0.25, 0.3) is 12.2 Å². The molecule has 1 heterocycles. The number of nitriles is 1. The van der Waals surface area contributed by atoms with Crippen LogP contribution in [0.2, 0.25) is 0 Å². The maximum absolute atomic E-state index is 8.48. The van der Waals surface area contributed by atoms with Gasteiger partial charge in [0.25, 0.3) is 0 Å². The Kier molecular flexibility index (Phi) is 3.58. The number of hydrogen-bond donors (Lipinski definition) is 1. The highest BCUT2D eigenvalue weighted by Crippen LogP contribution is 1.90. The van der Waals surface area contributed by atoms with E-state index in [4.69, 9.17) is 5.26 Å². The molecule has 0 aliphatic heterocycles. The molecule has 76 valence electrons. The topological polar surface area (TPSA) is 61.6 Å². The zero-order valence-corrected chi connectivity index (χ0v) is 8.78. The van der Waals surface area contributed by atoms with E-state index in [0.717, 1.165) is 16.3 Å². The largest absolute Gasteiger partial charge is 0.261 e. The van der Waals surface area contributed by atoms with Gasteiger partial charge in [-0.2, -0.15) is 5.26 Å². The van der Waals surface area contributed by atoms with E-state index >= 15 is 0 Å². The lowest BCUT2D eigenvalue weighted by Crippen LogP contribution is -2.32. The van der Waals surface area contributed by atoms with Crippen LogP contribution in [0.15, 0.2) is 12.7 Å². The van der Waals surface area contributed by atoms with Gasteiger partial charge in [-0.25, -0.2) is 9.97 Å². The number of nitrogens with zero attached hydrogens (tertiary/aromatic N) is 3. The van der Waals surface area contributed by atoms with E-state index < -0.39 is 0 Å². The summed E-state index contributed by atoms with van der Waals surface area (Å²) < 4.78 is 0. The molecule has 0 saturated heterocycles. The maximum atomic E-state index is 8.48. The van der Waals surface area contributed by atoms with Crippen LogP contribution >= 0.6 is 0 Å². The molecule has 0 unspecified atom stereocenters. The van der Waals surface area contributed by atoms with Crippen molar-refractivity contribution in [3.05, 3.63) is 28.9 Å². The molecule has 0 fully saturated rings. The molecule has 4 nitrogen and oxygen atoms in total. The minimum Gasteiger partial charge on any atom is -0.261 e. The summed E-state index contributed by atoms with van der Waals surface area (Å²) in [6, 6.07) is 0. The summed E-state index contributed by atoms with van der Waals surface area (Å²) in [6.45, 7) is 7.42. The third-order valence-corrected chi connectivity index (χ3v) is 1.90. The highest BCUT2D eigenvalue weighted by molar-refractivity contribution is 5.40. The number of anilines is 1. The Hall–Kier alpha value is -2.15. The van der Waals surface area contributed by atoms with Crippen molar-refractivity contribution in [3.63, 3.8) is 0 Å². The second-order valence-corrected chi connectivity index (χ2v) is 2.86. The van der Waals surface area contributed by atoms with Crippen LogP contribution in [0.5, 0.6) is 0 Å². The average Bonchev–Trinajstić information content (AvgIpc) is 2.18. The van der Waals surface area contributed by atoms with Gasteiger partial charge >= 0.3 is 0 Å². The SMILES string of the molecule is C=C/C=c1/nc(NC#N)nc(C)/c1=C/C. The summed E-state index contributed by atoms with van der Waals surface area (Å²) in [7, 11) is 0. The molecule has 0 aliphatic carbocycles. The molecule has 1 rings (SSSR count). The Morgan fingerprint density at radius 3 is 2.73 bits per heavy atom. The average molecular weight is 200 g/mol. The molecular formula is C11H12N4. The van der Waals surface area contributed by atoms with Gasteiger partial charge in [0.15, 0.2) is 6.19 Å². The lowest BCUT2D eigenvalue weighted by molar-refractivity contribution is 1.05. The van der Waals surface area contributed by atoms with Gasteiger partial charge < -0.3 is 0 Å². The van der Waals surface area contributed by atoms with Crippen molar-refractivity contribution in [2.75, 3.05) is 5.32 Å². The van der Waals surface area contributed by atoms with E-state index in [0.29, 0.717) is 5.95 Å². The molecule has 0 spiro atoms. The summed E-state index contributed by atoms with van der Waals surface area (Å²) in [5.74, 6) is 0.314. The first kappa shape index (κ1) is 10.9. The Morgan fingerprint density at radius 2 is 2.20 bits per heavy atom. The van der Waals surface area contributed by atoms with Crippen molar-refractivity contribution in [2.24, 2.45) is 0 Å². The van der Waals surface area contributed by atoms with Crippen molar-refractivity contribution in [2.45, 2.75) is 13.8 Å². The van der Waals surface area contributed by atoms with Crippen LogP contribution in [0.1, 0.15) is 12.6 Å². The van der Waals surface area contributed by atoms with Crippen molar-refractivity contribution < 1.29 is 0 Å². The summed E-state index contributed by atoms with van der Waals surface area (Å²) in [4.78, 5) is 8.33. The van der Waals surface area contributed by atoms with Gasteiger partial charge in [0.1, 0.15) is 0 Å². The summed E-state index contributed by atoms with van der Waals surface area (Å²) in [6.07, 6.45) is 7.17. The fourth-order valence-corrected chi connectivity index (χ4v) is 1.31. The third kappa shape index (κ3) is 2.41. The van der Waals surface area contributed by atoms with E-state index in [1.54, 1.807) is 18.3 Å². The number of nitrogens with one attached hydrogen (secondary N) is 1. The Labute approximate surface area is 88.3 Å². The minimum atomic E-state index is 0.314. The first-order valence-corrected chi connectivity index (χ1v) is 4.51. The molecule has 0 atom stereocenters. The van der Waals surface area contributed by atoms with Gasteiger partial charge in [0, 0.05) is 5.22 Å². The van der Waals surface area contributed by atoms with Gasteiger partial charge in [-0.3, -0.25) is 5.32 Å². The van der Waals surface area contributed by atoms with Gasteiger partial charge in [-0.1, -0.05) is 18.7 Å². The van der Waals surface area contributed by atoms with Gasteiger partial charge in [0.2, 0.25) is 5.95 Å². The number of aryl methyl sites for hydroxylation is 1. The number of allylic oxidation sites excluding steroid dienone is 1. The van der Waals surface area contributed by atoms with E-state index in [9.17, 15) is 0 Å². The minimum absolute atomic E-state index is 0.314. The fraction of sp³-hybridized carbons (Fsp3) is 0.182. The second-order valence-electron chi connectivity index (χ2n) is 2.86. The first-order valence-electron chi connectivity index (χ1n) is 4.51. The highest BCUT2D eigenvalue weighted by atomic mass is 15.1. The van der Waals surface area contributed by atoms with Crippen molar-refractivity contribution in [1.82, 2.24) is 9.97 Å². The molecule has 0 bridgehead atoms. The predicted molar refractivity (Wildman–Crippen MR) is 60.1 cm³/mol. The van der Waals surface area contributed by atoms with Crippen LogP contribution in [-0.2, 0) is 0 Å². The van der Waals surface area contributed by atoms with Crippen molar-refractivity contribution in [3.8, 4) is 6.19 Å². The zero-order chi connectivity index (χ0) is 11.3. The lowest BCUT2D eigenvalue weighted by atomic mass is 10.3. The highest BCUT2D eigenvalue weighted by Gasteiger charge is 1.98. The van der Waals surface area contributed by atoms with Crippen LogP contribution in [-0.4, -0.2) is 9.97 Å². The van der Waals surface area contributed by atoms with E-state index in [1.165, 1.54) is 0 Å². The summed E-state index contributed by atoms with van der Waals surface area (Å²) in [5.41, 5.74) is 0.832. The maximum Gasteiger partial charge on any atom is 0.236 e. The van der Waals surface area contributed by atoms with Crippen LogP contribution in [0.3, 0.4) is 0 Å². The van der Waals surface area contributed by atoms with Crippen LogP contribution in [0.4, 0.5) is 5.95 Å². The summed E-state index contributed by atoms with van der Waals surface area (Å²) in [5, 5.41) is 12.6. The van der Waals surface area contributed by atoms with E-state index in [-0.39, 0.29) is 0 Å². The monoisotopic (exact) mass is 200 g/mol. The summed E-state index contributed by atoms with van der Waals surface area (Å²) >= 11 is 0. The quantitative estimate of drug-likeness (QED) is 0.556. The molecule has 1 aromatic heterocycles. The molecule has 15 heavy (non-hydrogen) atoms. The third-order valence-electron chi connectivity index (χ3n) is 1.90. The number of rotatable bonds is 2. The molecule has 0 aliphatic rings. The Morgan fingerprint density at radius 1 is 1.47 bits per heavy atom. The lowest BCUT2D eigenvalue weighted by Gasteiger charge is -1.99. The molecule has 4 heteroatoms. The van der Waals surface area contributed by atoms with Gasteiger partial charge in [0.05, 0.1) is 11.0 Å². The molecule has 0 amide bonds. The molecule has 0 aromatic carbocycles. The fourth-order valence-electron chi connectivity index (χ4n) is 1.31. The van der Waals surface area contributed by atoms with E-state index in [2.05, 4.69) is 21.9 Å². The zero-order valence-electron chi connectivity index (χ0n) is 8.78. The molecule has 0 saturated carbocycles. The van der Waals surface area contributed by atoms with Crippen LogP contribution < -0.4 is 15.9 Å². The van der Waals surface area contributed by atoms with Crippen molar-refractivity contribution >= 4 is 18.1 Å². The standard InChI is InChI=1S/C11H12N4/c1-4-6-10-9(5-2)8(3)14-11(15-10)13-7-12/h4-6H,1H2,2-3H3,(H,13,15)/b9-5-,10-6+. The number of aromatic nitrogens is 2. The molecule has 1 N–H and O–H groups in total. The van der Waals surface area contributed by atoms with Crippen LogP contribution in [0, 0.1) is 18.4 Å². The molecular weight excluding hydrogens is 188 g/mol. The number of hydrogen-bond acceptors (Lipinski definition) is 4. The Balaban J connectivity index is 3.55. The van der Waals surface area contributed by atoms with E-state index in [1.807, 2.05) is 19.9 Å². The Bertz CT molecular complexity index is 523. The van der Waals surface area contributed by atoms with Gasteiger partial charge in [-0.15, -0.1) is 0 Å². The molecule has 1 aromatic rings. The smallest absolute Gasteiger partial charge is 0.236 e. The normalized spacial score (nSPS) is 12.3. The second kappa shape index (κ2) is 4.91. The first-order chi connectivity index (χ1) is 7.22.